The summed E-state index contributed by atoms with van der Waals surface area (Å²) in [6.07, 6.45) is 91.3. The second kappa shape index (κ2) is 62.9. The van der Waals surface area contributed by atoms with E-state index in [1.165, 1.54) is 57.8 Å². The molecule has 0 fully saturated rings. The molecule has 2 N–H and O–H groups in total. The molecule has 0 heterocycles. The number of likely N-dealkylation sites (N-methyl/N-ethyl adjacent to an activating group) is 1. The van der Waals surface area contributed by atoms with Crippen molar-refractivity contribution in [3.63, 3.8) is 0 Å². The molecule has 0 aliphatic rings. The molecule has 0 saturated heterocycles. The Labute approximate surface area is 523 Å². The number of ether oxygens (including phenoxy) is 1. The standard InChI is InChI=1S/C75H127N2O7P/c1-7-10-13-16-19-22-25-28-30-32-34-36-37-38-39-41-43-45-47-50-53-56-59-62-65-68-75(79)84-73(66-63-60-57-54-51-48-27-24-21-18-15-12-9-3)72(71-83-85(80,81)82-70-69-77(4,5)6)76-74(78)67-64-61-58-55-52-49-46-44-42-40-35-33-31-29-26-23-20-17-14-11-8-2/h10-11,13-14,19-20,22-23,28-31,34-36,38-40,43-46,63,66,72-73H,7-9,12,15-18,21,24-27,32-33,37,41-42,47-62,64-65,67-71H2,1-6H3,(H-,76,78,80,81)/p+1/b13-10-,14-11-,22-19-,23-20-,30-28-,31-29-,36-34-,39-38-,40-35-,45-43-,46-44-,66-63+. The van der Waals surface area contributed by atoms with Gasteiger partial charge in [0.15, 0.2) is 0 Å². The number of phosphoric ester groups is 1. The van der Waals surface area contributed by atoms with Crippen molar-refractivity contribution in [1.29, 1.82) is 0 Å². The molecule has 0 aromatic carbocycles. The summed E-state index contributed by atoms with van der Waals surface area (Å²) in [5.41, 5.74) is 0. The number of amides is 1. The van der Waals surface area contributed by atoms with E-state index >= 15 is 0 Å². The van der Waals surface area contributed by atoms with Crippen molar-refractivity contribution in [3.05, 3.63) is 146 Å². The minimum Gasteiger partial charge on any atom is -0.456 e. The highest BCUT2D eigenvalue weighted by molar-refractivity contribution is 7.47. The summed E-state index contributed by atoms with van der Waals surface area (Å²) in [6.45, 7) is 6.75. The summed E-state index contributed by atoms with van der Waals surface area (Å²) in [7, 11) is 1.45. The van der Waals surface area contributed by atoms with Gasteiger partial charge in [0.25, 0.3) is 0 Å². The van der Waals surface area contributed by atoms with Crippen molar-refractivity contribution in [3.8, 4) is 0 Å². The van der Waals surface area contributed by atoms with E-state index in [1.807, 2.05) is 33.3 Å². The third-order valence-electron chi connectivity index (χ3n) is 14.3. The average molecular weight is 1200 g/mol. The molecule has 3 atom stereocenters. The summed E-state index contributed by atoms with van der Waals surface area (Å²) >= 11 is 0. The summed E-state index contributed by atoms with van der Waals surface area (Å²) in [6, 6.07) is -0.878. The summed E-state index contributed by atoms with van der Waals surface area (Å²) < 4.78 is 30.8. The Morgan fingerprint density at radius 3 is 1.13 bits per heavy atom. The van der Waals surface area contributed by atoms with E-state index in [9.17, 15) is 19.0 Å². The van der Waals surface area contributed by atoms with Gasteiger partial charge in [0.2, 0.25) is 5.91 Å². The highest BCUT2D eigenvalue weighted by atomic mass is 31.2. The zero-order valence-corrected chi connectivity index (χ0v) is 56.2. The molecule has 0 radical (unpaired) electrons. The van der Waals surface area contributed by atoms with Gasteiger partial charge in [0.05, 0.1) is 33.8 Å². The lowest BCUT2D eigenvalue weighted by Gasteiger charge is -2.27. The van der Waals surface area contributed by atoms with Crippen molar-refractivity contribution in [2.24, 2.45) is 0 Å². The number of carbonyl (C=O) groups is 2. The third kappa shape index (κ3) is 64.2. The van der Waals surface area contributed by atoms with Crippen molar-refractivity contribution >= 4 is 19.7 Å². The number of allylic oxidation sites excluding steroid dienone is 23. The normalized spacial score (nSPS) is 14.5. The molecule has 0 bridgehead atoms. The van der Waals surface area contributed by atoms with Crippen LogP contribution in [0, 0.1) is 0 Å². The lowest BCUT2D eigenvalue weighted by molar-refractivity contribution is -0.870. The van der Waals surface area contributed by atoms with Gasteiger partial charge in [0, 0.05) is 12.8 Å². The zero-order valence-electron chi connectivity index (χ0n) is 55.3. The Hall–Kier alpha value is -4.11. The number of unbranched alkanes of at least 4 members (excludes halogenated alkanes) is 22. The van der Waals surface area contributed by atoms with Gasteiger partial charge in [0.1, 0.15) is 19.3 Å². The molecule has 3 unspecified atom stereocenters. The van der Waals surface area contributed by atoms with Gasteiger partial charge in [-0.3, -0.25) is 18.6 Å². The molecule has 0 spiro atoms. The first-order valence-corrected chi connectivity index (χ1v) is 35.7. The Kier molecular flexibility index (Phi) is 59.9. The average Bonchev–Trinajstić information content (AvgIpc) is 3.48. The summed E-state index contributed by atoms with van der Waals surface area (Å²) in [5.74, 6) is -0.552. The molecule has 0 rings (SSSR count). The third-order valence-corrected chi connectivity index (χ3v) is 15.3. The van der Waals surface area contributed by atoms with Crippen LogP contribution in [0.3, 0.4) is 0 Å². The van der Waals surface area contributed by atoms with E-state index in [0.717, 1.165) is 167 Å². The van der Waals surface area contributed by atoms with Crippen LogP contribution in [0.4, 0.5) is 0 Å². The van der Waals surface area contributed by atoms with Crippen LogP contribution in [0.5, 0.6) is 0 Å². The molecule has 1 amide bonds. The van der Waals surface area contributed by atoms with Gasteiger partial charge < -0.3 is 19.4 Å². The van der Waals surface area contributed by atoms with Crippen LogP contribution in [0.2, 0.25) is 0 Å². The number of quaternary nitrogens is 1. The second-order valence-electron chi connectivity index (χ2n) is 23.6. The predicted octanol–water partition coefficient (Wildman–Crippen LogP) is 21.8. The monoisotopic (exact) mass is 1200 g/mol. The van der Waals surface area contributed by atoms with E-state index in [0.29, 0.717) is 23.9 Å². The van der Waals surface area contributed by atoms with Crippen LogP contribution in [0.25, 0.3) is 0 Å². The van der Waals surface area contributed by atoms with Crippen molar-refractivity contribution in [2.75, 3.05) is 40.9 Å². The molecule has 0 aromatic rings. The fourth-order valence-corrected chi connectivity index (χ4v) is 9.82. The topological polar surface area (TPSA) is 111 Å². The molecule has 10 heteroatoms. The van der Waals surface area contributed by atoms with Crippen molar-refractivity contribution in [2.45, 2.75) is 277 Å². The van der Waals surface area contributed by atoms with Crippen LogP contribution in [-0.2, 0) is 27.9 Å². The lowest BCUT2D eigenvalue weighted by Crippen LogP contribution is -2.47. The van der Waals surface area contributed by atoms with Gasteiger partial charge in [-0.1, -0.05) is 270 Å². The lowest BCUT2D eigenvalue weighted by atomic mass is 10.0. The minimum absolute atomic E-state index is 0.0252. The van der Waals surface area contributed by atoms with E-state index in [1.54, 1.807) is 0 Å². The fourth-order valence-electron chi connectivity index (χ4n) is 9.09. The number of hydrogen-bond donors (Lipinski definition) is 2. The number of hydrogen-bond acceptors (Lipinski definition) is 6. The number of nitrogens with one attached hydrogen (secondary N) is 1. The maximum absolute atomic E-state index is 13.6. The van der Waals surface area contributed by atoms with E-state index in [2.05, 4.69) is 160 Å². The largest absolute Gasteiger partial charge is 0.472 e. The second-order valence-corrected chi connectivity index (χ2v) is 25.0. The highest BCUT2D eigenvalue weighted by Gasteiger charge is 2.30. The van der Waals surface area contributed by atoms with Gasteiger partial charge >= 0.3 is 13.8 Å². The molecular weight excluding hydrogens is 1070 g/mol. The Morgan fingerprint density at radius 2 is 0.753 bits per heavy atom. The maximum atomic E-state index is 13.6. The van der Waals surface area contributed by atoms with E-state index in [4.69, 9.17) is 13.8 Å². The van der Waals surface area contributed by atoms with Crippen molar-refractivity contribution in [1.82, 2.24) is 5.32 Å². The van der Waals surface area contributed by atoms with E-state index in [-0.39, 0.29) is 31.5 Å². The maximum Gasteiger partial charge on any atom is 0.472 e. The first-order valence-electron chi connectivity index (χ1n) is 34.2. The quantitative estimate of drug-likeness (QED) is 0.0205. The number of rotatable bonds is 60. The van der Waals surface area contributed by atoms with Gasteiger partial charge in [-0.15, -0.1) is 0 Å². The van der Waals surface area contributed by atoms with Crippen LogP contribution in [0.15, 0.2) is 146 Å². The molecular formula is C75H128N2O7P+. The van der Waals surface area contributed by atoms with Gasteiger partial charge in [-0.05, 0) is 128 Å². The van der Waals surface area contributed by atoms with Gasteiger partial charge in [-0.2, -0.15) is 0 Å². The van der Waals surface area contributed by atoms with Crippen LogP contribution < -0.4 is 5.32 Å². The Bertz CT molecular complexity index is 1960. The number of phosphoric acid groups is 1. The van der Waals surface area contributed by atoms with Crippen molar-refractivity contribution < 1.29 is 37.3 Å². The Morgan fingerprint density at radius 1 is 0.424 bits per heavy atom. The number of esters is 1. The molecule has 9 nitrogen and oxygen atoms in total. The van der Waals surface area contributed by atoms with Gasteiger partial charge in [-0.25, -0.2) is 4.57 Å². The highest BCUT2D eigenvalue weighted by Crippen LogP contribution is 2.43. The van der Waals surface area contributed by atoms with Crippen LogP contribution >= 0.6 is 7.82 Å². The first-order chi connectivity index (χ1) is 41.4. The van der Waals surface area contributed by atoms with Crippen LogP contribution in [-0.4, -0.2) is 74.3 Å². The first kappa shape index (κ1) is 80.9. The molecule has 0 aliphatic carbocycles. The van der Waals surface area contributed by atoms with Crippen LogP contribution in [0.1, 0.15) is 265 Å². The SMILES string of the molecule is CC/C=C\C/C=C\C/C=C\C/C=C\C/C=C\C/C=C\CCCCCCCCC(=O)OC(/C=C/CCCCCCCCCCCCC)C(COP(=O)(O)OCC[N+](C)(C)C)NC(=O)CCCCCCC/C=C\C/C=C\C/C=C\C/C=C\C/C=C\CC. The molecule has 0 aromatic heterocycles. The smallest absolute Gasteiger partial charge is 0.456 e. The van der Waals surface area contributed by atoms with E-state index < -0.39 is 20.0 Å². The number of carbonyl (C=O) groups excluding carboxylic acids is 2. The summed E-state index contributed by atoms with van der Waals surface area (Å²) in [5, 5.41) is 3.05. The fraction of sp³-hybridized carbons (Fsp3) is 0.653. The minimum atomic E-state index is -4.47. The predicted molar refractivity (Wildman–Crippen MR) is 369 cm³/mol. The zero-order chi connectivity index (χ0) is 62.1. The molecule has 0 aliphatic heterocycles. The molecule has 484 valence electrons. The summed E-state index contributed by atoms with van der Waals surface area (Å²) in [4.78, 5) is 37.9. The Balaban J connectivity index is 5.26. The molecule has 0 saturated carbocycles. The number of nitrogens with zero attached hydrogens (tertiary/aromatic N) is 1. The molecule has 85 heavy (non-hydrogen) atoms.